The van der Waals surface area contributed by atoms with E-state index in [-0.39, 0.29) is 43.3 Å². The number of urea groups is 1. The zero-order valence-electron chi connectivity index (χ0n) is 37.5. The number of benzene rings is 2. The summed E-state index contributed by atoms with van der Waals surface area (Å²) in [4.78, 5) is 67.9. The second-order valence-corrected chi connectivity index (χ2v) is 17.9. The Balaban J connectivity index is 1.24. The van der Waals surface area contributed by atoms with Gasteiger partial charge in [0, 0.05) is 50.4 Å². The van der Waals surface area contributed by atoms with Crippen LogP contribution in [-0.2, 0) is 45.2 Å². The van der Waals surface area contributed by atoms with Crippen LogP contribution in [0.4, 0.5) is 9.59 Å². The molecule has 1 aliphatic heterocycles. The van der Waals surface area contributed by atoms with Crippen molar-refractivity contribution in [3.63, 3.8) is 0 Å². The molecule has 0 radical (unpaired) electrons. The fourth-order valence-corrected chi connectivity index (χ4v) is 9.38. The highest BCUT2D eigenvalue weighted by Crippen LogP contribution is 2.28. The summed E-state index contributed by atoms with van der Waals surface area (Å²) in [6.07, 6.45) is 6.45. The summed E-state index contributed by atoms with van der Waals surface area (Å²) in [5.74, 6) is -0.729. The predicted octanol–water partition coefficient (Wildman–Crippen LogP) is 6.32. The molecule has 5 amide bonds. The first-order chi connectivity index (χ1) is 31.0. The highest BCUT2D eigenvalue weighted by Gasteiger charge is 2.41. The van der Waals surface area contributed by atoms with Crippen molar-refractivity contribution in [2.45, 2.75) is 109 Å². The Labute approximate surface area is 380 Å². The van der Waals surface area contributed by atoms with Crippen molar-refractivity contribution in [3.8, 4) is 11.3 Å². The van der Waals surface area contributed by atoms with E-state index in [0.717, 1.165) is 65.2 Å². The van der Waals surface area contributed by atoms with Gasteiger partial charge < -0.3 is 35.0 Å². The molecular weight excluding hydrogens is 833 g/mol. The average molecular weight is 897 g/mol. The van der Waals surface area contributed by atoms with E-state index >= 15 is 0 Å². The van der Waals surface area contributed by atoms with Crippen LogP contribution in [0.15, 0.2) is 84.4 Å². The van der Waals surface area contributed by atoms with Crippen molar-refractivity contribution >= 4 is 35.3 Å². The van der Waals surface area contributed by atoms with Crippen molar-refractivity contribution < 1.29 is 33.8 Å². The Morgan fingerprint density at radius 1 is 0.938 bits per heavy atom. The molecule has 2 aromatic heterocycles. The molecule has 64 heavy (non-hydrogen) atoms. The minimum atomic E-state index is -1.20. The normalized spacial score (nSPS) is 16.8. The molecule has 16 heteroatoms. The van der Waals surface area contributed by atoms with Gasteiger partial charge in [-0.05, 0) is 47.9 Å². The predicted molar refractivity (Wildman–Crippen MR) is 245 cm³/mol. The van der Waals surface area contributed by atoms with Gasteiger partial charge in [0.15, 0.2) is 0 Å². The molecule has 2 aliphatic rings. The summed E-state index contributed by atoms with van der Waals surface area (Å²) < 4.78 is 10.1. The molecule has 5 atom stereocenters. The number of methoxy groups -OCH3 is 2. The summed E-state index contributed by atoms with van der Waals surface area (Å²) in [6, 6.07) is 20.4. The number of aliphatic hydroxyl groups is 1. The highest BCUT2D eigenvalue weighted by atomic mass is 32.1. The van der Waals surface area contributed by atoms with Gasteiger partial charge >= 0.3 is 12.1 Å². The van der Waals surface area contributed by atoms with E-state index < -0.39 is 36.2 Å². The number of thiazole rings is 1. The molecule has 0 unspecified atom stereocenters. The van der Waals surface area contributed by atoms with Crippen LogP contribution in [-0.4, -0.2) is 112 Å². The Kier molecular flexibility index (Phi) is 18.0. The van der Waals surface area contributed by atoms with Crippen molar-refractivity contribution in [1.82, 2.24) is 40.8 Å². The van der Waals surface area contributed by atoms with Gasteiger partial charge in [-0.2, -0.15) is 0 Å². The lowest BCUT2D eigenvalue weighted by Gasteiger charge is -2.35. The molecule has 3 heterocycles. The van der Waals surface area contributed by atoms with Crippen LogP contribution in [0.2, 0.25) is 0 Å². The number of pyridine rings is 1. The molecule has 344 valence electrons. The molecule has 15 nitrogen and oxygen atoms in total. The standard InChI is InChI=1S/C48H64N8O7S/c1-5-33(2)44(56-25-24-54(48(56)61)29-38-32-64-43(50-38)31-62-3)46(59)51-40(26-34-14-8-6-9-15-34)42(57)30-55(28-36-19-21-37(22-20-36)39-18-12-13-23-49-39)53-45(58)41(52-47(60)63-4)27-35-16-10-7-11-17-35/h6,8-9,12-15,18-23,32-33,35,40-42,44,57H,5,7,10-11,16-17,24-31H2,1-4H3,(H,51,59)(H,52,60)(H,53,58)/t33-,40-,41-,42-,44-/m0/s1. The van der Waals surface area contributed by atoms with Crippen LogP contribution in [0, 0.1) is 11.8 Å². The van der Waals surface area contributed by atoms with Crippen LogP contribution in [0.1, 0.15) is 80.6 Å². The molecule has 1 saturated heterocycles. The van der Waals surface area contributed by atoms with Crippen LogP contribution in [0.5, 0.6) is 0 Å². The summed E-state index contributed by atoms with van der Waals surface area (Å²) in [6.45, 7) is 5.60. The molecule has 0 bridgehead atoms. The van der Waals surface area contributed by atoms with Gasteiger partial charge in [-0.15, -0.1) is 11.3 Å². The molecule has 4 aromatic rings. The maximum atomic E-state index is 14.6. The van der Waals surface area contributed by atoms with Crippen molar-refractivity contribution in [2.24, 2.45) is 11.8 Å². The molecule has 1 saturated carbocycles. The fourth-order valence-electron chi connectivity index (χ4n) is 8.62. The zero-order chi connectivity index (χ0) is 45.4. The van der Waals surface area contributed by atoms with E-state index in [1.54, 1.807) is 28.1 Å². The third-order valence-corrected chi connectivity index (χ3v) is 13.1. The number of carbonyl (C=O) groups excluding carboxylic acids is 4. The largest absolute Gasteiger partial charge is 0.453 e. The summed E-state index contributed by atoms with van der Waals surface area (Å²) in [5, 5.41) is 22.6. The number of aliphatic hydroxyl groups excluding tert-OH is 1. The van der Waals surface area contributed by atoms with Gasteiger partial charge in [0.1, 0.15) is 17.1 Å². The van der Waals surface area contributed by atoms with Crippen LogP contribution in [0.3, 0.4) is 0 Å². The van der Waals surface area contributed by atoms with Crippen molar-refractivity contribution in [3.05, 3.63) is 106 Å². The van der Waals surface area contributed by atoms with Gasteiger partial charge in [-0.1, -0.05) is 113 Å². The van der Waals surface area contributed by atoms with Crippen LogP contribution in [0.25, 0.3) is 11.3 Å². The summed E-state index contributed by atoms with van der Waals surface area (Å²) in [5.41, 5.74) is 7.29. The molecule has 0 spiro atoms. The zero-order valence-corrected chi connectivity index (χ0v) is 38.3. The second kappa shape index (κ2) is 24.0. The van der Waals surface area contributed by atoms with Crippen molar-refractivity contribution in [2.75, 3.05) is 33.9 Å². The van der Waals surface area contributed by atoms with Gasteiger partial charge in [-0.3, -0.25) is 20.0 Å². The number of hydrazine groups is 1. The molecular formula is C48H64N8O7S. The highest BCUT2D eigenvalue weighted by molar-refractivity contribution is 7.09. The molecule has 4 N–H and O–H groups in total. The first kappa shape index (κ1) is 48.0. The molecule has 2 aromatic carbocycles. The monoisotopic (exact) mass is 896 g/mol. The number of amides is 5. The minimum Gasteiger partial charge on any atom is -0.453 e. The number of aromatic nitrogens is 2. The van der Waals surface area contributed by atoms with E-state index in [1.165, 1.54) is 18.4 Å². The summed E-state index contributed by atoms with van der Waals surface area (Å²) >= 11 is 1.48. The number of nitrogens with zero attached hydrogens (tertiary/aromatic N) is 5. The number of rotatable bonds is 22. The maximum Gasteiger partial charge on any atom is 0.407 e. The lowest BCUT2D eigenvalue weighted by Crippen LogP contribution is -2.59. The Bertz CT molecular complexity index is 2090. The Morgan fingerprint density at radius 3 is 2.38 bits per heavy atom. The average Bonchev–Trinajstić information content (AvgIpc) is 3.91. The first-order valence-electron chi connectivity index (χ1n) is 22.5. The number of alkyl carbamates (subject to hydrolysis) is 1. The van der Waals surface area contributed by atoms with E-state index in [2.05, 4.69) is 26.0 Å². The number of hydrogen-bond acceptors (Lipinski definition) is 11. The van der Waals surface area contributed by atoms with E-state index in [1.807, 2.05) is 92.0 Å². The SMILES string of the molecule is CC[C@H](C)[C@@H](C(=O)N[C@@H](Cc1ccccc1)[C@@H](O)CN(Cc1ccc(-c2ccccn2)cc1)NC(=O)[C@H](CC1CCCCC1)NC(=O)OC)N1CCN(Cc2csc(COC)n2)C1=O. The lowest BCUT2D eigenvalue weighted by molar-refractivity contribution is -0.131. The number of ether oxygens (including phenoxy) is 2. The number of carbonyl (C=O) groups is 4. The number of hydrogen-bond donors (Lipinski definition) is 4. The van der Waals surface area contributed by atoms with Gasteiger partial charge in [0.2, 0.25) is 5.91 Å². The third kappa shape index (κ3) is 13.5. The summed E-state index contributed by atoms with van der Waals surface area (Å²) in [7, 11) is 2.89. The minimum absolute atomic E-state index is 0.0804. The van der Waals surface area contributed by atoms with Crippen LogP contribution >= 0.6 is 11.3 Å². The van der Waals surface area contributed by atoms with Gasteiger partial charge in [0.05, 0.1) is 43.8 Å². The maximum absolute atomic E-state index is 14.6. The Morgan fingerprint density at radius 2 is 1.69 bits per heavy atom. The van der Waals surface area contributed by atoms with E-state index in [0.29, 0.717) is 39.1 Å². The van der Waals surface area contributed by atoms with E-state index in [9.17, 15) is 24.3 Å². The third-order valence-electron chi connectivity index (χ3n) is 12.3. The Hall–Kier alpha value is -5.42. The molecule has 6 rings (SSSR count). The quantitative estimate of drug-likeness (QED) is 0.0653. The second-order valence-electron chi connectivity index (χ2n) is 17.0. The fraction of sp³-hybridized carbons (Fsp3) is 0.500. The molecule has 2 fully saturated rings. The topological polar surface area (TPSA) is 179 Å². The molecule has 1 aliphatic carbocycles. The van der Waals surface area contributed by atoms with E-state index in [4.69, 9.17) is 9.47 Å². The van der Waals surface area contributed by atoms with Crippen molar-refractivity contribution in [1.29, 1.82) is 0 Å². The van der Waals surface area contributed by atoms with Gasteiger partial charge in [0.25, 0.3) is 5.91 Å². The smallest absolute Gasteiger partial charge is 0.407 e. The van der Waals surface area contributed by atoms with Crippen LogP contribution < -0.4 is 16.1 Å². The number of nitrogens with one attached hydrogen (secondary N) is 3. The first-order valence-corrected chi connectivity index (χ1v) is 23.3. The van der Waals surface area contributed by atoms with Gasteiger partial charge in [-0.25, -0.2) is 19.6 Å². The lowest BCUT2D eigenvalue weighted by atomic mass is 9.84.